The molecule has 21 heavy (non-hydrogen) atoms. The summed E-state index contributed by atoms with van der Waals surface area (Å²) in [6, 6.07) is 12.0. The van der Waals surface area contributed by atoms with Crippen LogP contribution in [0.25, 0.3) is 10.8 Å². The lowest BCUT2D eigenvalue weighted by molar-refractivity contribution is 0.420. The summed E-state index contributed by atoms with van der Waals surface area (Å²) in [5.74, 6) is 1.32. The maximum Gasteiger partial charge on any atom is 0.205 e. The largest absolute Gasteiger partial charge is 0.496 e. The lowest BCUT2D eigenvalue weighted by Gasteiger charge is -2.07. The number of aromatic nitrogens is 1. The molecule has 106 valence electrons. The lowest BCUT2D eigenvalue weighted by atomic mass is 10.0. The van der Waals surface area contributed by atoms with E-state index in [4.69, 9.17) is 10.5 Å². The topological polar surface area (TPSA) is 72.5 Å². The Morgan fingerprint density at radius 2 is 2.10 bits per heavy atom. The van der Waals surface area contributed by atoms with Gasteiger partial charge in [0.15, 0.2) is 0 Å². The highest BCUT2D eigenvalue weighted by molar-refractivity contribution is 7.14. The van der Waals surface area contributed by atoms with Gasteiger partial charge in [0.2, 0.25) is 5.13 Å². The summed E-state index contributed by atoms with van der Waals surface area (Å²) >= 11 is 1.41. The Hall–Kier alpha value is -2.60. The molecule has 3 rings (SSSR count). The van der Waals surface area contributed by atoms with E-state index in [9.17, 15) is 0 Å². The Balaban J connectivity index is 1.93. The predicted molar refractivity (Wildman–Crippen MR) is 88.2 cm³/mol. The number of hydrogen-bond donors (Lipinski definition) is 2. The van der Waals surface area contributed by atoms with E-state index in [0.717, 1.165) is 22.1 Å². The zero-order valence-corrected chi connectivity index (χ0v) is 12.2. The Morgan fingerprint density at radius 3 is 2.81 bits per heavy atom. The molecule has 1 heterocycles. The molecular weight excluding hydrogens is 284 g/mol. The first-order valence-corrected chi connectivity index (χ1v) is 7.21. The maximum atomic E-state index is 5.56. The molecule has 0 unspecified atom stereocenters. The van der Waals surface area contributed by atoms with E-state index in [2.05, 4.69) is 15.5 Å². The van der Waals surface area contributed by atoms with Crippen LogP contribution in [0.2, 0.25) is 0 Å². The number of anilines is 2. The van der Waals surface area contributed by atoms with Gasteiger partial charge in [0.25, 0.3) is 0 Å². The highest BCUT2D eigenvalue weighted by Gasteiger charge is 2.05. The minimum atomic E-state index is 0.490. The fourth-order valence-corrected chi connectivity index (χ4v) is 2.66. The predicted octanol–water partition coefficient (Wildman–Crippen LogP) is 3.33. The number of fused-ring (bicyclic) bond motifs is 1. The van der Waals surface area contributed by atoms with E-state index in [1.807, 2.05) is 36.4 Å². The molecule has 0 saturated heterocycles. The second-order valence-corrected chi connectivity index (χ2v) is 5.21. The number of hydrazone groups is 1. The third kappa shape index (κ3) is 2.80. The van der Waals surface area contributed by atoms with Crippen LogP contribution in [0.5, 0.6) is 5.75 Å². The summed E-state index contributed by atoms with van der Waals surface area (Å²) in [7, 11) is 1.67. The number of hydrogen-bond acceptors (Lipinski definition) is 6. The molecule has 0 saturated carbocycles. The highest BCUT2D eigenvalue weighted by atomic mass is 32.1. The molecule has 2 aromatic carbocycles. The van der Waals surface area contributed by atoms with Gasteiger partial charge in [0.1, 0.15) is 11.6 Å². The zero-order chi connectivity index (χ0) is 14.7. The first-order valence-electron chi connectivity index (χ1n) is 6.34. The number of nitrogens with one attached hydrogen (secondary N) is 1. The van der Waals surface area contributed by atoms with Crippen LogP contribution < -0.4 is 15.9 Å². The van der Waals surface area contributed by atoms with Crippen molar-refractivity contribution in [2.45, 2.75) is 0 Å². The molecule has 0 radical (unpaired) electrons. The molecule has 1 aromatic heterocycles. The van der Waals surface area contributed by atoms with Crippen molar-refractivity contribution in [3.8, 4) is 5.75 Å². The molecule has 0 amide bonds. The van der Waals surface area contributed by atoms with Crippen molar-refractivity contribution in [1.82, 2.24) is 4.98 Å². The van der Waals surface area contributed by atoms with E-state index < -0.39 is 0 Å². The van der Waals surface area contributed by atoms with Crippen LogP contribution in [0.4, 0.5) is 10.9 Å². The first kappa shape index (κ1) is 13.4. The number of thiazole rings is 1. The first-order chi connectivity index (χ1) is 10.3. The molecule has 0 bridgehead atoms. The molecular formula is C15H14N4OS. The van der Waals surface area contributed by atoms with Crippen LogP contribution in [0.3, 0.4) is 0 Å². The van der Waals surface area contributed by atoms with Crippen molar-refractivity contribution in [2.75, 3.05) is 18.3 Å². The monoisotopic (exact) mass is 298 g/mol. The highest BCUT2D eigenvalue weighted by Crippen LogP contribution is 2.28. The van der Waals surface area contributed by atoms with Gasteiger partial charge in [-0.3, -0.25) is 5.43 Å². The fourth-order valence-electron chi connectivity index (χ4n) is 2.11. The van der Waals surface area contributed by atoms with Gasteiger partial charge in [-0.25, -0.2) is 4.98 Å². The zero-order valence-electron chi connectivity index (χ0n) is 11.4. The molecule has 0 fully saturated rings. The van der Waals surface area contributed by atoms with Gasteiger partial charge in [-0.1, -0.05) is 30.3 Å². The smallest absolute Gasteiger partial charge is 0.205 e. The molecule has 3 N–H and O–H groups in total. The van der Waals surface area contributed by atoms with Gasteiger partial charge in [-0.15, -0.1) is 11.3 Å². The summed E-state index contributed by atoms with van der Waals surface area (Å²) in [6.07, 6.45) is 1.75. The van der Waals surface area contributed by atoms with Crippen LogP contribution in [-0.4, -0.2) is 18.3 Å². The minimum Gasteiger partial charge on any atom is -0.496 e. The quantitative estimate of drug-likeness (QED) is 0.572. The van der Waals surface area contributed by atoms with Gasteiger partial charge in [0.05, 0.1) is 13.3 Å². The van der Waals surface area contributed by atoms with Crippen molar-refractivity contribution in [2.24, 2.45) is 5.10 Å². The third-order valence-electron chi connectivity index (χ3n) is 3.00. The molecule has 5 nitrogen and oxygen atoms in total. The van der Waals surface area contributed by atoms with Gasteiger partial charge < -0.3 is 10.5 Å². The summed E-state index contributed by atoms with van der Waals surface area (Å²) < 4.78 is 5.43. The van der Waals surface area contributed by atoms with Gasteiger partial charge >= 0.3 is 0 Å². The van der Waals surface area contributed by atoms with Gasteiger partial charge in [-0.2, -0.15) is 5.10 Å². The number of nitrogens with zero attached hydrogens (tertiary/aromatic N) is 2. The molecule has 0 spiro atoms. The summed E-state index contributed by atoms with van der Waals surface area (Å²) in [5, 5.41) is 8.78. The Morgan fingerprint density at radius 1 is 1.29 bits per heavy atom. The summed E-state index contributed by atoms with van der Waals surface area (Å²) in [5.41, 5.74) is 9.41. The minimum absolute atomic E-state index is 0.490. The second kappa shape index (κ2) is 5.80. The fraction of sp³-hybridized carbons (Fsp3) is 0.0667. The SMILES string of the molecule is COc1cccc2cccc(C=NNc3nc(N)cs3)c12. The van der Waals surface area contributed by atoms with Gasteiger partial charge in [0, 0.05) is 16.3 Å². The number of nitrogen functional groups attached to an aromatic ring is 1. The Bertz CT molecular complexity index is 792. The van der Waals surface area contributed by atoms with Crippen LogP contribution in [0.1, 0.15) is 5.56 Å². The van der Waals surface area contributed by atoms with Crippen LogP contribution in [-0.2, 0) is 0 Å². The van der Waals surface area contributed by atoms with Crippen LogP contribution in [0, 0.1) is 0 Å². The standard InChI is InChI=1S/C15H14N4OS/c1-20-12-7-3-5-10-4-2-6-11(14(10)12)8-17-19-15-18-13(16)9-21-15/h2-9H,16H2,1H3,(H,18,19). The average molecular weight is 298 g/mol. The normalized spacial score (nSPS) is 11.1. The average Bonchev–Trinajstić information content (AvgIpc) is 2.92. The Kier molecular flexibility index (Phi) is 3.70. The summed E-state index contributed by atoms with van der Waals surface area (Å²) in [6.45, 7) is 0. The summed E-state index contributed by atoms with van der Waals surface area (Å²) in [4.78, 5) is 4.08. The molecule has 0 aliphatic carbocycles. The lowest BCUT2D eigenvalue weighted by Crippen LogP contribution is -1.93. The molecule has 0 aliphatic rings. The van der Waals surface area contributed by atoms with E-state index >= 15 is 0 Å². The molecule has 0 aliphatic heterocycles. The third-order valence-corrected chi connectivity index (χ3v) is 3.77. The number of methoxy groups -OCH3 is 1. The van der Waals surface area contributed by atoms with E-state index in [1.54, 1.807) is 18.7 Å². The number of benzene rings is 2. The maximum absolute atomic E-state index is 5.56. The van der Waals surface area contributed by atoms with Crippen molar-refractivity contribution < 1.29 is 4.74 Å². The van der Waals surface area contributed by atoms with Crippen molar-refractivity contribution in [3.05, 3.63) is 47.3 Å². The molecule has 6 heteroatoms. The van der Waals surface area contributed by atoms with Crippen LogP contribution >= 0.6 is 11.3 Å². The van der Waals surface area contributed by atoms with E-state index in [1.165, 1.54) is 11.3 Å². The molecule has 0 atom stereocenters. The van der Waals surface area contributed by atoms with Crippen molar-refractivity contribution in [1.29, 1.82) is 0 Å². The van der Waals surface area contributed by atoms with E-state index in [-0.39, 0.29) is 0 Å². The number of rotatable bonds is 4. The van der Waals surface area contributed by atoms with Crippen molar-refractivity contribution in [3.63, 3.8) is 0 Å². The Labute approximate surface area is 126 Å². The number of nitrogens with two attached hydrogens (primary N) is 1. The van der Waals surface area contributed by atoms with Crippen molar-refractivity contribution >= 4 is 39.3 Å². The number of ether oxygens (including phenoxy) is 1. The van der Waals surface area contributed by atoms with Gasteiger partial charge in [-0.05, 0) is 11.5 Å². The van der Waals surface area contributed by atoms with Crippen LogP contribution in [0.15, 0.2) is 46.9 Å². The van der Waals surface area contributed by atoms with E-state index in [0.29, 0.717) is 10.9 Å². The molecule has 3 aromatic rings. The second-order valence-electron chi connectivity index (χ2n) is 4.35.